The molecule has 0 radical (unpaired) electrons. The molecule has 112 valence electrons. The fraction of sp³-hybridized carbons (Fsp3) is 0.214. The largest absolute Gasteiger partial charge is 0.316 e. The molecule has 0 fully saturated rings. The summed E-state index contributed by atoms with van der Waals surface area (Å²) in [5.41, 5.74) is 2.03. The molecule has 0 aliphatic rings. The van der Waals surface area contributed by atoms with Crippen LogP contribution in [0.4, 0.5) is 5.69 Å². The molecular weight excluding hydrogens is 310 g/mol. The van der Waals surface area contributed by atoms with E-state index in [9.17, 15) is 8.42 Å². The lowest BCUT2D eigenvalue weighted by Gasteiger charge is -2.10. The van der Waals surface area contributed by atoms with Gasteiger partial charge in [0, 0.05) is 17.8 Å². The van der Waals surface area contributed by atoms with Crippen molar-refractivity contribution in [3.05, 3.63) is 52.8 Å². The van der Waals surface area contributed by atoms with E-state index in [1.54, 1.807) is 31.4 Å². The van der Waals surface area contributed by atoms with Gasteiger partial charge in [0.2, 0.25) is 0 Å². The molecule has 7 heteroatoms. The van der Waals surface area contributed by atoms with Crippen molar-refractivity contribution < 1.29 is 8.42 Å². The van der Waals surface area contributed by atoms with E-state index in [0.717, 1.165) is 11.1 Å². The number of aryl methyl sites for hydroxylation is 1. The maximum absolute atomic E-state index is 12.4. The first-order valence-corrected chi connectivity index (χ1v) is 8.16. The SMILES string of the molecule is CNCc1cc(S(=O)(=O)Nc2cncc(C)c2)ccc1Cl. The molecule has 0 amide bonds. The first-order valence-electron chi connectivity index (χ1n) is 6.30. The van der Waals surface area contributed by atoms with Crippen LogP contribution in [0.25, 0.3) is 0 Å². The Balaban J connectivity index is 2.33. The van der Waals surface area contributed by atoms with E-state index >= 15 is 0 Å². The van der Waals surface area contributed by atoms with Crippen molar-refractivity contribution in [3.63, 3.8) is 0 Å². The molecule has 0 atom stereocenters. The number of nitrogens with zero attached hydrogens (tertiary/aromatic N) is 1. The molecule has 0 aliphatic carbocycles. The van der Waals surface area contributed by atoms with Gasteiger partial charge in [0.1, 0.15) is 0 Å². The Labute approximate surface area is 129 Å². The third kappa shape index (κ3) is 3.93. The molecule has 0 bridgehead atoms. The van der Waals surface area contributed by atoms with Gasteiger partial charge in [-0.15, -0.1) is 0 Å². The third-order valence-electron chi connectivity index (χ3n) is 2.82. The molecule has 0 saturated heterocycles. The average Bonchev–Trinajstić information content (AvgIpc) is 2.41. The minimum atomic E-state index is -3.66. The summed E-state index contributed by atoms with van der Waals surface area (Å²) in [6.45, 7) is 2.34. The first kappa shape index (κ1) is 15.8. The third-order valence-corrected chi connectivity index (χ3v) is 4.57. The van der Waals surface area contributed by atoms with Crippen LogP contribution in [0.15, 0.2) is 41.6 Å². The van der Waals surface area contributed by atoms with Gasteiger partial charge in [-0.3, -0.25) is 9.71 Å². The van der Waals surface area contributed by atoms with E-state index in [2.05, 4.69) is 15.0 Å². The van der Waals surface area contributed by atoms with Gasteiger partial charge in [-0.05, 0) is 49.4 Å². The van der Waals surface area contributed by atoms with Crippen LogP contribution in [-0.4, -0.2) is 20.4 Å². The maximum Gasteiger partial charge on any atom is 0.261 e. The van der Waals surface area contributed by atoms with Crippen LogP contribution < -0.4 is 10.0 Å². The monoisotopic (exact) mass is 325 g/mol. The van der Waals surface area contributed by atoms with Crippen molar-refractivity contribution in [1.82, 2.24) is 10.3 Å². The quantitative estimate of drug-likeness (QED) is 0.886. The van der Waals surface area contributed by atoms with Gasteiger partial charge in [-0.1, -0.05) is 11.6 Å². The lowest BCUT2D eigenvalue weighted by atomic mass is 10.2. The Kier molecular flexibility index (Phi) is 4.82. The zero-order valence-corrected chi connectivity index (χ0v) is 13.3. The minimum absolute atomic E-state index is 0.165. The normalized spacial score (nSPS) is 11.4. The number of halogens is 1. The van der Waals surface area contributed by atoms with Crippen molar-refractivity contribution in [1.29, 1.82) is 0 Å². The molecule has 0 aliphatic heterocycles. The molecule has 5 nitrogen and oxygen atoms in total. The van der Waals surface area contributed by atoms with Crippen molar-refractivity contribution in [2.75, 3.05) is 11.8 Å². The van der Waals surface area contributed by atoms with Crippen LogP contribution in [0, 0.1) is 6.92 Å². The molecule has 2 N–H and O–H groups in total. The molecule has 21 heavy (non-hydrogen) atoms. The van der Waals surface area contributed by atoms with Crippen LogP contribution in [-0.2, 0) is 16.6 Å². The molecule has 0 unspecified atom stereocenters. The van der Waals surface area contributed by atoms with Gasteiger partial charge in [-0.2, -0.15) is 0 Å². The number of benzene rings is 1. The summed E-state index contributed by atoms with van der Waals surface area (Å²) < 4.78 is 27.3. The molecule has 0 spiro atoms. The number of rotatable bonds is 5. The van der Waals surface area contributed by atoms with E-state index in [0.29, 0.717) is 17.3 Å². The fourth-order valence-electron chi connectivity index (χ4n) is 1.87. The Bertz CT molecular complexity index is 748. The molecule has 1 aromatic heterocycles. The van der Waals surface area contributed by atoms with Crippen molar-refractivity contribution in [2.24, 2.45) is 0 Å². The number of aromatic nitrogens is 1. The van der Waals surface area contributed by atoms with Crippen LogP contribution in [0.3, 0.4) is 0 Å². The molecule has 2 aromatic rings. The fourth-order valence-corrected chi connectivity index (χ4v) is 3.14. The zero-order valence-electron chi connectivity index (χ0n) is 11.7. The Morgan fingerprint density at radius 3 is 2.67 bits per heavy atom. The van der Waals surface area contributed by atoms with E-state index < -0.39 is 10.0 Å². The second-order valence-corrected chi connectivity index (χ2v) is 6.73. The number of hydrogen-bond donors (Lipinski definition) is 2. The Morgan fingerprint density at radius 2 is 2.00 bits per heavy atom. The van der Waals surface area contributed by atoms with E-state index in [1.807, 2.05) is 6.92 Å². The van der Waals surface area contributed by atoms with E-state index in [-0.39, 0.29) is 4.90 Å². The molecule has 1 heterocycles. The van der Waals surface area contributed by atoms with Gasteiger partial charge in [0.15, 0.2) is 0 Å². The molecule has 2 rings (SSSR count). The molecule has 1 aromatic carbocycles. The second-order valence-electron chi connectivity index (χ2n) is 4.64. The lowest BCUT2D eigenvalue weighted by molar-refractivity contribution is 0.601. The highest BCUT2D eigenvalue weighted by atomic mass is 35.5. The van der Waals surface area contributed by atoms with Crippen molar-refractivity contribution >= 4 is 27.3 Å². The molecule has 0 saturated carbocycles. The second kappa shape index (κ2) is 6.43. The summed E-state index contributed by atoms with van der Waals surface area (Å²) in [5, 5.41) is 3.48. The average molecular weight is 326 g/mol. The highest BCUT2D eigenvalue weighted by molar-refractivity contribution is 7.92. The topological polar surface area (TPSA) is 71.1 Å². The number of pyridine rings is 1. The van der Waals surface area contributed by atoms with Gasteiger partial charge in [-0.25, -0.2) is 8.42 Å². The maximum atomic E-state index is 12.4. The predicted octanol–water partition coefficient (Wildman–Crippen LogP) is 2.56. The number of hydrogen-bond acceptors (Lipinski definition) is 4. The standard InChI is InChI=1S/C14H16ClN3O2S/c1-10-5-12(9-17-7-10)18-21(19,20)13-3-4-14(15)11(6-13)8-16-2/h3-7,9,16,18H,8H2,1-2H3. The molecular formula is C14H16ClN3O2S. The highest BCUT2D eigenvalue weighted by Crippen LogP contribution is 2.22. The summed E-state index contributed by atoms with van der Waals surface area (Å²) in [7, 11) is -1.89. The van der Waals surface area contributed by atoms with Crippen molar-refractivity contribution in [2.45, 2.75) is 18.4 Å². The smallest absolute Gasteiger partial charge is 0.261 e. The van der Waals surface area contributed by atoms with E-state index in [1.165, 1.54) is 12.3 Å². The van der Waals surface area contributed by atoms with Crippen LogP contribution >= 0.6 is 11.6 Å². The summed E-state index contributed by atoms with van der Waals surface area (Å²) in [4.78, 5) is 4.13. The minimum Gasteiger partial charge on any atom is -0.316 e. The van der Waals surface area contributed by atoms with Gasteiger partial charge >= 0.3 is 0 Å². The lowest BCUT2D eigenvalue weighted by Crippen LogP contribution is -2.14. The summed E-state index contributed by atoms with van der Waals surface area (Å²) >= 11 is 6.04. The number of anilines is 1. The van der Waals surface area contributed by atoms with Crippen LogP contribution in [0.5, 0.6) is 0 Å². The number of sulfonamides is 1. The van der Waals surface area contributed by atoms with Gasteiger partial charge in [0.25, 0.3) is 10.0 Å². The predicted molar refractivity (Wildman–Crippen MR) is 84.0 cm³/mol. The van der Waals surface area contributed by atoms with Crippen LogP contribution in [0.2, 0.25) is 5.02 Å². The Hall–Kier alpha value is -1.63. The number of nitrogens with one attached hydrogen (secondary N) is 2. The summed E-state index contributed by atoms with van der Waals surface area (Å²) in [6, 6.07) is 6.34. The summed E-state index contributed by atoms with van der Waals surface area (Å²) in [5.74, 6) is 0. The van der Waals surface area contributed by atoms with Gasteiger partial charge < -0.3 is 5.32 Å². The van der Waals surface area contributed by atoms with Crippen molar-refractivity contribution in [3.8, 4) is 0 Å². The zero-order chi connectivity index (χ0) is 15.5. The summed E-state index contributed by atoms with van der Waals surface area (Å²) in [6.07, 6.45) is 3.13. The van der Waals surface area contributed by atoms with E-state index in [4.69, 9.17) is 11.6 Å². The van der Waals surface area contributed by atoms with Gasteiger partial charge in [0.05, 0.1) is 16.8 Å². The Morgan fingerprint density at radius 1 is 1.24 bits per heavy atom. The van der Waals surface area contributed by atoms with Crippen LogP contribution in [0.1, 0.15) is 11.1 Å². The first-order chi connectivity index (χ1) is 9.92. The highest BCUT2D eigenvalue weighted by Gasteiger charge is 2.16.